The zero-order chi connectivity index (χ0) is 17.3. The molecule has 6 heteroatoms. The van der Waals surface area contributed by atoms with Crippen LogP contribution < -0.4 is 5.32 Å². The normalized spacial score (nSPS) is 12.1. The van der Waals surface area contributed by atoms with Crippen LogP contribution in [0.2, 0.25) is 0 Å². The summed E-state index contributed by atoms with van der Waals surface area (Å²) in [7, 11) is 1.49. The molecule has 1 atom stereocenters. The molecule has 2 aromatic heterocycles. The summed E-state index contributed by atoms with van der Waals surface area (Å²) in [6.07, 6.45) is 1.86. The molecule has 0 radical (unpaired) electrons. The van der Waals surface area contributed by atoms with Crippen molar-refractivity contribution in [3.05, 3.63) is 65.1 Å². The number of hydrogen-bond donors (Lipinski definition) is 3. The van der Waals surface area contributed by atoms with E-state index in [2.05, 4.69) is 15.3 Å². The van der Waals surface area contributed by atoms with E-state index in [1.54, 1.807) is 0 Å². The zero-order valence-electron chi connectivity index (χ0n) is 13.3. The first-order valence-electron chi connectivity index (χ1n) is 7.54. The van der Waals surface area contributed by atoms with Crippen molar-refractivity contribution >= 4 is 22.8 Å². The van der Waals surface area contributed by atoms with E-state index in [4.69, 9.17) is 0 Å². The number of fused-ring (bicyclic) bond motifs is 1. The fourth-order valence-electron chi connectivity index (χ4n) is 2.79. The lowest BCUT2D eigenvalue weighted by molar-refractivity contribution is 0.0696. The van der Waals surface area contributed by atoms with Gasteiger partial charge in [-0.25, -0.2) is 9.78 Å². The highest BCUT2D eigenvalue weighted by atomic mass is 16.4. The van der Waals surface area contributed by atoms with Gasteiger partial charge in [-0.05, 0) is 29.8 Å². The molecule has 2 heterocycles. The van der Waals surface area contributed by atoms with Crippen LogP contribution in [-0.4, -0.2) is 34.0 Å². The number of carbonyl (C=O) groups excluding carboxylic acids is 1. The lowest BCUT2D eigenvalue weighted by Crippen LogP contribution is -2.21. The molecule has 0 saturated carbocycles. The van der Waals surface area contributed by atoms with Gasteiger partial charge in [-0.15, -0.1) is 0 Å². The van der Waals surface area contributed by atoms with Crippen LogP contribution >= 0.6 is 0 Å². The van der Waals surface area contributed by atoms with Gasteiger partial charge >= 0.3 is 5.97 Å². The van der Waals surface area contributed by atoms with Crippen LogP contribution in [0.15, 0.2) is 42.6 Å². The number of aromatic carboxylic acids is 1. The number of amides is 1. The highest BCUT2D eigenvalue weighted by molar-refractivity contribution is 5.96. The summed E-state index contributed by atoms with van der Waals surface area (Å²) in [5.74, 6) is -1.66. The van der Waals surface area contributed by atoms with Gasteiger partial charge in [0.2, 0.25) is 0 Å². The Kier molecular flexibility index (Phi) is 4.04. The standard InChI is InChI=1S/C18H17N3O3/c1-10(12-4-3-5-14-13(12)6-7-20-14)15-8-11(18(23)24)9-16(21-15)17(22)19-2/h3-10,20H,1-2H3,(H,19,22)(H,23,24). The maximum atomic E-state index is 11.9. The first-order valence-corrected chi connectivity index (χ1v) is 7.54. The number of aromatic nitrogens is 2. The van der Waals surface area contributed by atoms with Gasteiger partial charge < -0.3 is 15.4 Å². The van der Waals surface area contributed by atoms with E-state index >= 15 is 0 Å². The Bertz CT molecular complexity index is 930. The second-order valence-corrected chi connectivity index (χ2v) is 5.56. The molecule has 1 amide bonds. The van der Waals surface area contributed by atoms with E-state index in [9.17, 15) is 14.7 Å². The Balaban J connectivity index is 2.13. The maximum absolute atomic E-state index is 11.9. The number of carboxylic acids is 1. The number of carbonyl (C=O) groups is 2. The van der Waals surface area contributed by atoms with Gasteiger partial charge in [0.25, 0.3) is 5.91 Å². The van der Waals surface area contributed by atoms with Crippen LogP contribution in [0.3, 0.4) is 0 Å². The van der Waals surface area contributed by atoms with E-state index in [0.717, 1.165) is 16.5 Å². The fraction of sp³-hybridized carbons (Fsp3) is 0.167. The average molecular weight is 323 g/mol. The van der Waals surface area contributed by atoms with Crippen molar-refractivity contribution in [3.8, 4) is 0 Å². The largest absolute Gasteiger partial charge is 0.478 e. The summed E-state index contributed by atoms with van der Waals surface area (Å²) in [5.41, 5.74) is 2.71. The fourth-order valence-corrected chi connectivity index (χ4v) is 2.79. The number of rotatable bonds is 4. The van der Waals surface area contributed by atoms with E-state index in [1.165, 1.54) is 19.2 Å². The zero-order valence-corrected chi connectivity index (χ0v) is 13.3. The minimum absolute atomic E-state index is 0.0479. The van der Waals surface area contributed by atoms with Crippen LogP contribution in [0.4, 0.5) is 0 Å². The molecule has 1 aromatic carbocycles. The van der Waals surface area contributed by atoms with Crippen molar-refractivity contribution in [2.24, 2.45) is 0 Å². The van der Waals surface area contributed by atoms with Crippen LogP contribution in [0.5, 0.6) is 0 Å². The first-order chi connectivity index (χ1) is 11.5. The van der Waals surface area contributed by atoms with Crippen LogP contribution in [0.25, 0.3) is 10.9 Å². The lowest BCUT2D eigenvalue weighted by atomic mass is 9.93. The number of carboxylic acid groups (broad SMARTS) is 1. The summed E-state index contributed by atoms with van der Waals surface area (Å²) in [5, 5.41) is 12.8. The SMILES string of the molecule is CNC(=O)c1cc(C(=O)O)cc(C(C)c2cccc3[nH]ccc23)n1. The number of aromatic amines is 1. The van der Waals surface area contributed by atoms with Crippen molar-refractivity contribution < 1.29 is 14.7 Å². The Morgan fingerprint density at radius 2 is 2.04 bits per heavy atom. The molecule has 3 N–H and O–H groups in total. The quantitative estimate of drug-likeness (QED) is 0.688. The number of hydrogen-bond acceptors (Lipinski definition) is 3. The molecule has 0 aliphatic carbocycles. The van der Waals surface area contributed by atoms with E-state index in [-0.39, 0.29) is 17.2 Å². The smallest absolute Gasteiger partial charge is 0.335 e. The molecule has 0 aliphatic heterocycles. The Labute approximate surface area is 138 Å². The summed E-state index contributed by atoms with van der Waals surface area (Å²) < 4.78 is 0. The predicted molar refractivity (Wildman–Crippen MR) is 90.4 cm³/mol. The molecule has 3 aromatic rings. The number of nitrogens with one attached hydrogen (secondary N) is 2. The molecule has 1 unspecified atom stereocenters. The number of pyridine rings is 1. The van der Waals surface area contributed by atoms with Gasteiger partial charge in [0.05, 0.1) is 5.56 Å². The Morgan fingerprint density at radius 1 is 1.25 bits per heavy atom. The topological polar surface area (TPSA) is 95.1 Å². The molecular weight excluding hydrogens is 306 g/mol. The molecule has 3 rings (SSSR count). The minimum atomic E-state index is -1.09. The van der Waals surface area contributed by atoms with Crippen LogP contribution in [0.1, 0.15) is 44.9 Å². The monoisotopic (exact) mass is 323 g/mol. The van der Waals surface area contributed by atoms with E-state index < -0.39 is 11.9 Å². The van der Waals surface area contributed by atoms with Gasteiger partial charge in [-0.2, -0.15) is 0 Å². The predicted octanol–water partition coefficient (Wildman–Crippen LogP) is 2.77. The van der Waals surface area contributed by atoms with Crippen molar-refractivity contribution in [2.45, 2.75) is 12.8 Å². The van der Waals surface area contributed by atoms with Crippen molar-refractivity contribution in [3.63, 3.8) is 0 Å². The van der Waals surface area contributed by atoms with Crippen LogP contribution in [-0.2, 0) is 0 Å². The maximum Gasteiger partial charge on any atom is 0.335 e. The summed E-state index contributed by atoms with van der Waals surface area (Å²) in [6.45, 7) is 1.95. The number of nitrogens with zero attached hydrogens (tertiary/aromatic N) is 1. The second-order valence-electron chi connectivity index (χ2n) is 5.56. The highest BCUT2D eigenvalue weighted by Crippen LogP contribution is 2.29. The number of benzene rings is 1. The third-order valence-corrected chi connectivity index (χ3v) is 4.09. The Morgan fingerprint density at radius 3 is 2.75 bits per heavy atom. The first kappa shape index (κ1) is 15.7. The van der Waals surface area contributed by atoms with Crippen molar-refractivity contribution in [1.82, 2.24) is 15.3 Å². The van der Waals surface area contributed by atoms with E-state index in [0.29, 0.717) is 5.69 Å². The molecule has 0 bridgehead atoms. The molecule has 24 heavy (non-hydrogen) atoms. The minimum Gasteiger partial charge on any atom is -0.478 e. The van der Waals surface area contributed by atoms with Crippen molar-refractivity contribution in [2.75, 3.05) is 7.05 Å². The van der Waals surface area contributed by atoms with Gasteiger partial charge in [-0.1, -0.05) is 19.1 Å². The molecule has 122 valence electrons. The third kappa shape index (κ3) is 2.74. The van der Waals surface area contributed by atoms with Gasteiger partial charge in [0.15, 0.2) is 0 Å². The Hall–Kier alpha value is -3.15. The molecule has 0 saturated heterocycles. The third-order valence-electron chi connectivity index (χ3n) is 4.09. The van der Waals surface area contributed by atoms with Crippen LogP contribution in [0, 0.1) is 0 Å². The van der Waals surface area contributed by atoms with E-state index in [1.807, 2.05) is 37.4 Å². The molecule has 0 spiro atoms. The average Bonchev–Trinajstić information content (AvgIpc) is 3.08. The molecule has 0 aliphatic rings. The second kappa shape index (κ2) is 6.16. The number of H-pyrrole nitrogens is 1. The highest BCUT2D eigenvalue weighted by Gasteiger charge is 2.19. The molecule has 0 fully saturated rings. The summed E-state index contributed by atoms with van der Waals surface area (Å²) in [6, 6.07) is 10.7. The van der Waals surface area contributed by atoms with Gasteiger partial charge in [-0.3, -0.25) is 4.79 Å². The van der Waals surface area contributed by atoms with Crippen molar-refractivity contribution in [1.29, 1.82) is 0 Å². The molecule has 6 nitrogen and oxygen atoms in total. The molecular formula is C18H17N3O3. The summed E-state index contributed by atoms with van der Waals surface area (Å²) in [4.78, 5) is 30.8. The van der Waals surface area contributed by atoms with Gasteiger partial charge in [0.1, 0.15) is 5.69 Å². The summed E-state index contributed by atoms with van der Waals surface area (Å²) >= 11 is 0. The van der Waals surface area contributed by atoms with Gasteiger partial charge in [0, 0.05) is 35.8 Å². The lowest BCUT2D eigenvalue weighted by Gasteiger charge is -2.15.